The highest BCUT2D eigenvalue weighted by atomic mass is 35.5. The molecule has 9 heteroatoms. The van der Waals surface area contributed by atoms with E-state index in [1.165, 1.54) is 12.1 Å². The van der Waals surface area contributed by atoms with Crippen LogP contribution in [0.3, 0.4) is 0 Å². The van der Waals surface area contributed by atoms with E-state index in [4.69, 9.17) is 39.9 Å². The number of halogens is 6. The summed E-state index contributed by atoms with van der Waals surface area (Å²) in [6, 6.07) is 3.94. The third-order valence-corrected chi connectivity index (χ3v) is 4.00. The number of hydrogen-bond donors (Lipinski definition) is 1. The molecule has 1 heterocycles. The second kappa shape index (κ2) is 5.95. The van der Waals surface area contributed by atoms with Gasteiger partial charge in [0, 0.05) is 5.56 Å². The molecule has 0 fully saturated rings. The summed E-state index contributed by atoms with van der Waals surface area (Å²) in [4.78, 5) is 14.6. The second-order valence-corrected chi connectivity index (χ2v) is 5.28. The molecule has 22 heavy (non-hydrogen) atoms. The van der Waals surface area contributed by atoms with E-state index in [9.17, 15) is 18.0 Å². The molecule has 0 saturated heterocycles. The summed E-state index contributed by atoms with van der Waals surface area (Å²) in [6.45, 7) is 0. The van der Waals surface area contributed by atoms with Crippen molar-refractivity contribution in [2.24, 2.45) is 0 Å². The molecule has 0 amide bonds. The van der Waals surface area contributed by atoms with Crippen molar-refractivity contribution >= 4 is 40.8 Å². The number of nitrogens with zero attached hydrogens (tertiary/aromatic N) is 1. The summed E-state index contributed by atoms with van der Waals surface area (Å²) in [5.74, 6) is -1.45. The molecule has 1 aromatic heterocycles. The van der Waals surface area contributed by atoms with Crippen molar-refractivity contribution in [3.63, 3.8) is 0 Å². The number of aromatic nitrogens is 1. The van der Waals surface area contributed by atoms with Gasteiger partial charge in [-0.1, -0.05) is 34.8 Å². The lowest BCUT2D eigenvalue weighted by Gasteiger charge is -2.12. The first-order valence-electron chi connectivity index (χ1n) is 5.58. The summed E-state index contributed by atoms with van der Waals surface area (Å²) in [5.41, 5.74) is -2.17. The standard InChI is InChI=1S/C13H5Cl3F3NO2/c14-7-3-1-5(9(15)10(7)16)11-6(12(21)22)2-4-8(20-11)13(17,18)19/h1-4H,(H,21,22). The molecular formula is C13H5Cl3F3NO2. The van der Waals surface area contributed by atoms with Crippen molar-refractivity contribution in [2.45, 2.75) is 6.18 Å². The zero-order valence-corrected chi connectivity index (χ0v) is 12.6. The van der Waals surface area contributed by atoms with Crippen LogP contribution in [0.4, 0.5) is 13.2 Å². The average Bonchev–Trinajstić information content (AvgIpc) is 2.43. The van der Waals surface area contributed by atoms with Crippen LogP contribution in [0, 0.1) is 0 Å². The van der Waals surface area contributed by atoms with Gasteiger partial charge < -0.3 is 5.11 Å². The van der Waals surface area contributed by atoms with E-state index in [0.29, 0.717) is 6.07 Å². The molecule has 0 saturated carbocycles. The minimum Gasteiger partial charge on any atom is -0.478 e. The van der Waals surface area contributed by atoms with Gasteiger partial charge >= 0.3 is 12.1 Å². The molecule has 0 aliphatic rings. The van der Waals surface area contributed by atoms with Gasteiger partial charge in [-0.25, -0.2) is 9.78 Å². The van der Waals surface area contributed by atoms with Crippen LogP contribution in [0.5, 0.6) is 0 Å². The summed E-state index contributed by atoms with van der Waals surface area (Å²) < 4.78 is 38.3. The van der Waals surface area contributed by atoms with Gasteiger partial charge in [-0.3, -0.25) is 0 Å². The Morgan fingerprint density at radius 2 is 1.68 bits per heavy atom. The summed E-state index contributed by atoms with van der Waals surface area (Å²) in [6.07, 6.45) is -4.73. The second-order valence-electron chi connectivity index (χ2n) is 4.12. The first-order chi connectivity index (χ1) is 10.1. The number of benzene rings is 1. The molecule has 0 unspecified atom stereocenters. The van der Waals surface area contributed by atoms with E-state index in [1.54, 1.807) is 0 Å². The Kier molecular flexibility index (Phi) is 4.56. The topological polar surface area (TPSA) is 50.2 Å². The number of rotatable bonds is 2. The van der Waals surface area contributed by atoms with E-state index < -0.39 is 29.1 Å². The molecule has 0 atom stereocenters. The Balaban J connectivity index is 2.77. The lowest BCUT2D eigenvalue weighted by Crippen LogP contribution is -2.11. The maximum atomic E-state index is 12.8. The Hall–Kier alpha value is -1.50. The fraction of sp³-hybridized carbons (Fsp3) is 0.0769. The zero-order chi connectivity index (χ0) is 16.7. The predicted octanol–water partition coefficient (Wildman–Crippen LogP) is 5.43. The first kappa shape index (κ1) is 16.9. The largest absolute Gasteiger partial charge is 0.478 e. The van der Waals surface area contributed by atoms with Gasteiger partial charge in [0.15, 0.2) is 0 Å². The molecule has 0 spiro atoms. The lowest BCUT2D eigenvalue weighted by molar-refractivity contribution is -0.141. The van der Waals surface area contributed by atoms with Crippen LogP contribution in [0.1, 0.15) is 16.1 Å². The quantitative estimate of drug-likeness (QED) is 0.718. The van der Waals surface area contributed by atoms with Crippen molar-refractivity contribution in [1.82, 2.24) is 4.98 Å². The number of hydrogen-bond acceptors (Lipinski definition) is 2. The van der Waals surface area contributed by atoms with Crippen molar-refractivity contribution < 1.29 is 23.1 Å². The number of alkyl halides is 3. The highest BCUT2D eigenvalue weighted by molar-refractivity contribution is 6.49. The van der Waals surface area contributed by atoms with Crippen LogP contribution in [-0.2, 0) is 6.18 Å². The van der Waals surface area contributed by atoms with Gasteiger partial charge in [-0.15, -0.1) is 0 Å². The molecule has 0 aliphatic heterocycles. The number of pyridine rings is 1. The van der Waals surface area contributed by atoms with Crippen molar-refractivity contribution in [1.29, 1.82) is 0 Å². The molecule has 1 N–H and O–H groups in total. The van der Waals surface area contributed by atoms with E-state index in [2.05, 4.69) is 4.98 Å². The first-order valence-corrected chi connectivity index (χ1v) is 6.71. The van der Waals surface area contributed by atoms with Crippen molar-refractivity contribution in [2.75, 3.05) is 0 Å². The maximum absolute atomic E-state index is 12.8. The van der Waals surface area contributed by atoms with Gasteiger partial charge in [-0.05, 0) is 24.3 Å². The van der Waals surface area contributed by atoms with Crippen LogP contribution in [0.2, 0.25) is 15.1 Å². The van der Waals surface area contributed by atoms with Gasteiger partial charge in [0.1, 0.15) is 5.69 Å². The van der Waals surface area contributed by atoms with Crippen LogP contribution >= 0.6 is 34.8 Å². The Morgan fingerprint density at radius 1 is 1.05 bits per heavy atom. The van der Waals surface area contributed by atoms with Crippen LogP contribution in [0.15, 0.2) is 24.3 Å². The Morgan fingerprint density at radius 3 is 2.23 bits per heavy atom. The molecule has 2 aromatic rings. The average molecular weight is 371 g/mol. The van der Waals surface area contributed by atoms with E-state index in [0.717, 1.165) is 6.07 Å². The normalized spacial score (nSPS) is 11.5. The molecule has 1 aromatic carbocycles. The van der Waals surface area contributed by atoms with Crippen LogP contribution in [-0.4, -0.2) is 16.1 Å². The zero-order valence-electron chi connectivity index (χ0n) is 10.4. The molecule has 2 rings (SSSR count). The van der Waals surface area contributed by atoms with Crippen LogP contribution < -0.4 is 0 Å². The van der Waals surface area contributed by atoms with Crippen molar-refractivity contribution in [3.05, 3.63) is 50.6 Å². The van der Waals surface area contributed by atoms with Crippen molar-refractivity contribution in [3.8, 4) is 11.3 Å². The fourth-order valence-electron chi connectivity index (χ4n) is 1.70. The molecule has 3 nitrogen and oxygen atoms in total. The smallest absolute Gasteiger partial charge is 0.433 e. The molecule has 0 aliphatic carbocycles. The molecular weight excluding hydrogens is 366 g/mol. The van der Waals surface area contributed by atoms with Gasteiger partial charge in [0.25, 0.3) is 0 Å². The highest BCUT2D eigenvalue weighted by Gasteiger charge is 2.34. The Labute approximate surface area is 137 Å². The highest BCUT2D eigenvalue weighted by Crippen LogP contribution is 2.39. The number of carbonyl (C=O) groups is 1. The summed E-state index contributed by atoms with van der Waals surface area (Å²) in [5, 5.41) is 8.92. The fourth-order valence-corrected chi connectivity index (χ4v) is 2.33. The SMILES string of the molecule is O=C(O)c1ccc(C(F)(F)F)nc1-c1ccc(Cl)c(Cl)c1Cl. The van der Waals surface area contributed by atoms with Gasteiger partial charge in [-0.2, -0.15) is 13.2 Å². The van der Waals surface area contributed by atoms with E-state index >= 15 is 0 Å². The Bertz CT molecular complexity index is 763. The number of carboxylic acids is 1. The van der Waals surface area contributed by atoms with E-state index in [1.807, 2.05) is 0 Å². The van der Waals surface area contributed by atoms with Gasteiger partial charge in [0.05, 0.1) is 26.3 Å². The lowest BCUT2D eigenvalue weighted by atomic mass is 10.0. The maximum Gasteiger partial charge on any atom is 0.433 e. The van der Waals surface area contributed by atoms with Crippen LogP contribution in [0.25, 0.3) is 11.3 Å². The predicted molar refractivity (Wildman–Crippen MR) is 76.7 cm³/mol. The molecule has 116 valence electrons. The van der Waals surface area contributed by atoms with E-state index in [-0.39, 0.29) is 20.6 Å². The minimum absolute atomic E-state index is 0.0560. The molecule has 0 radical (unpaired) electrons. The number of carboxylic acid groups (broad SMARTS) is 1. The van der Waals surface area contributed by atoms with Gasteiger partial charge in [0.2, 0.25) is 0 Å². The third kappa shape index (κ3) is 3.14. The molecule has 0 bridgehead atoms. The summed E-state index contributed by atoms with van der Waals surface area (Å²) >= 11 is 17.5. The number of aromatic carboxylic acids is 1. The minimum atomic E-state index is -4.73. The summed E-state index contributed by atoms with van der Waals surface area (Å²) in [7, 11) is 0. The third-order valence-electron chi connectivity index (χ3n) is 2.71. The monoisotopic (exact) mass is 369 g/mol.